The molecule has 0 atom stereocenters. The van der Waals surface area contributed by atoms with Crippen LogP contribution < -0.4 is 10.1 Å². The summed E-state index contributed by atoms with van der Waals surface area (Å²) in [7, 11) is 1.61. The van der Waals surface area contributed by atoms with Crippen molar-refractivity contribution in [3.8, 4) is 5.75 Å². The Bertz CT molecular complexity index is 391. The fourth-order valence-electron chi connectivity index (χ4n) is 1.85. The van der Waals surface area contributed by atoms with Crippen molar-refractivity contribution in [3.63, 3.8) is 0 Å². The number of carbonyl (C=O) groups excluding carboxylic acids is 1. The molecule has 3 nitrogen and oxygen atoms in total. The van der Waals surface area contributed by atoms with E-state index in [9.17, 15) is 4.79 Å². The first-order valence-corrected chi connectivity index (χ1v) is 7.71. The smallest absolute Gasteiger partial charge is 0.251 e. The average molecular weight is 328 g/mol. The molecule has 0 spiro atoms. The molecule has 1 aromatic carbocycles. The largest absolute Gasteiger partial charge is 0.497 e. The Kier molecular flexibility index (Phi) is 6.35. The Morgan fingerprint density at radius 2 is 1.84 bits per heavy atom. The van der Waals surface area contributed by atoms with E-state index in [4.69, 9.17) is 4.74 Å². The van der Waals surface area contributed by atoms with Crippen molar-refractivity contribution in [1.29, 1.82) is 0 Å². The van der Waals surface area contributed by atoms with E-state index in [0.717, 1.165) is 23.9 Å². The van der Waals surface area contributed by atoms with Gasteiger partial charge in [0.15, 0.2) is 0 Å². The van der Waals surface area contributed by atoms with E-state index in [2.05, 4.69) is 35.1 Å². The molecular weight excluding hydrogens is 306 g/mol. The summed E-state index contributed by atoms with van der Waals surface area (Å²) >= 11 is 3.55. The van der Waals surface area contributed by atoms with Crippen LogP contribution in [0.15, 0.2) is 24.3 Å². The van der Waals surface area contributed by atoms with E-state index in [1.54, 1.807) is 31.4 Å². The highest BCUT2D eigenvalue weighted by Gasteiger charge is 2.25. The molecule has 0 saturated heterocycles. The Balaban J connectivity index is 2.63. The predicted molar refractivity (Wildman–Crippen MR) is 82.1 cm³/mol. The van der Waals surface area contributed by atoms with Crippen LogP contribution >= 0.6 is 15.9 Å². The van der Waals surface area contributed by atoms with Crippen LogP contribution in [0.25, 0.3) is 0 Å². The molecule has 0 heterocycles. The minimum absolute atomic E-state index is 0.0325. The molecule has 0 bridgehead atoms. The van der Waals surface area contributed by atoms with Crippen molar-refractivity contribution < 1.29 is 9.53 Å². The molecule has 0 fully saturated rings. The molecule has 0 aromatic heterocycles. The molecule has 0 aliphatic rings. The van der Waals surface area contributed by atoms with Crippen molar-refractivity contribution >= 4 is 21.8 Å². The maximum absolute atomic E-state index is 12.1. The summed E-state index contributed by atoms with van der Waals surface area (Å²) in [6, 6.07) is 7.16. The molecular formula is C15H22BrNO2. The van der Waals surface area contributed by atoms with Gasteiger partial charge in [-0.05, 0) is 42.5 Å². The lowest BCUT2D eigenvalue weighted by Gasteiger charge is -2.29. The molecule has 0 unspecified atom stereocenters. The lowest BCUT2D eigenvalue weighted by atomic mass is 9.84. The van der Waals surface area contributed by atoms with Crippen molar-refractivity contribution in [2.24, 2.45) is 5.41 Å². The molecule has 0 aliphatic carbocycles. The van der Waals surface area contributed by atoms with Crippen LogP contribution in [0, 0.1) is 5.41 Å². The van der Waals surface area contributed by atoms with Gasteiger partial charge in [0.1, 0.15) is 5.75 Å². The molecule has 1 aromatic rings. The number of hydrogen-bond acceptors (Lipinski definition) is 2. The SMILES string of the molecule is CCC(CC)(CBr)CNC(=O)c1ccc(OC)cc1. The van der Waals surface area contributed by atoms with Gasteiger partial charge in [-0.2, -0.15) is 0 Å². The zero-order valence-electron chi connectivity index (χ0n) is 11.8. The second-order valence-corrected chi connectivity index (χ2v) is 5.31. The zero-order valence-corrected chi connectivity index (χ0v) is 13.4. The van der Waals surface area contributed by atoms with Gasteiger partial charge in [-0.15, -0.1) is 0 Å². The van der Waals surface area contributed by atoms with Gasteiger partial charge in [0, 0.05) is 17.4 Å². The molecule has 1 amide bonds. The van der Waals surface area contributed by atoms with Crippen molar-refractivity contribution in [2.75, 3.05) is 19.0 Å². The minimum Gasteiger partial charge on any atom is -0.497 e. The molecule has 4 heteroatoms. The predicted octanol–water partition coefficient (Wildman–Crippen LogP) is 3.63. The summed E-state index contributed by atoms with van der Waals surface area (Å²) in [5, 5.41) is 3.92. The quantitative estimate of drug-likeness (QED) is 0.776. The third-order valence-electron chi connectivity index (χ3n) is 3.76. The van der Waals surface area contributed by atoms with Crippen molar-refractivity contribution in [3.05, 3.63) is 29.8 Å². The number of carbonyl (C=O) groups is 1. The van der Waals surface area contributed by atoms with Crippen LogP contribution in [-0.2, 0) is 0 Å². The number of methoxy groups -OCH3 is 1. The number of alkyl halides is 1. The monoisotopic (exact) mass is 327 g/mol. The normalized spacial score (nSPS) is 11.2. The van der Waals surface area contributed by atoms with Gasteiger partial charge < -0.3 is 10.1 Å². The maximum atomic E-state index is 12.1. The van der Waals surface area contributed by atoms with E-state index in [1.807, 2.05) is 0 Å². The van der Waals surface area contributed by atoms with Crippen LogP contribution in [-0.4, -0.2) is 24.9 Å². The summed E-state index contributed by atoms with van der Waals surface area (Å²) in [6.45, 7) is 5.00. The highest BCUT2D eigenvalue weighted by Crippen LogP contribution is 2.27. The summed E-state index contributed by atoms with van der Waals surface area (Å²) in [5.74, 6) is 0.725. The summed E-state index contributed by atoms with van der Waals surface area (Å²) in [6.07, 6.45) is 2.08. The number of benzene rings is 1. The van der Waals surface area contributed by atoms with E-state index in [-0.39, 0.29) is 11.3 Å². The van der Waals surface area contributed by atoms with E-state index >= 15 is 0 Å². The molecule has 19 heavy (non-hydrogen) atoms. The highest BCUT2D eigenvalue weighted by atomic mass is 79.9. The molecule has 0 aliphatic heterocycles. The van der Waals surface area contributed by atoms with Gasteiger partial charge in [0.25, 0.3) is 5.91 Å². The van der Waals surface area contributed by atoms with Crippen LogP contribution in [0.2, 0.25) is 0 Å². The Labute approximate surface area is 123 Å². The standard InChI is InChI=1S/C15H22BrNO2/c1-4-15(5-2,10-16)11-17-14(18)12-6-8-13(19-3)9-7-12/h6-9H,4-5,10-11H2,1-3H3,(H,17,18). The van der Waals surface area contributed by atoms with Gasteiger partial charge in [-0.3, -0.25) is 4.79 Å². The van der Waals surface area contributed by atoms with E-state index in [1.165, 1.54) is 0 Å². The first kappa shape index (κ1) is 16.0. The lowest BCUT2D eigenvalue weighted by molar-refractivity contribution is 0.0932. The van der Waals surface area contributed by atoms with Crippen LogP contribution in [0.3, 0.4) is 0 Å². The second kappa shape index (κ2) is 7.53. The molecule has 1 N–H and O–H groups in total. The van der Waals surface area contributed by atoms with E-state index in [0.29, 0.717) is 12.1 Å². The summed E-state index contributed by atoms with van der Waals surface area (Å²) in [5.41, 5.74) is 0.804. The number of nitrogens with one attached hydrogen (secondary N) is 1. The number of amides is 1. The number of halogens is 1. The zero-order chi connectivity index (χ0) is 14.3. The minimum atomic E-state index is -0.0325. The number of hydrogen-bond donors (Lipinski definition) is 1. The second-order valence-electron chi connectivity index (χ2n) is 4.75. The highest BCUT2D eigenvalue weighted by molar-refractivity contribution is 9.09. The Hall–Kier alpha value is -1.03. The number of rotatable bonds is 7. The fourth-order valence-corrected chi connectivity index (χ4v) is 2.84. The van der Waals surface area contributed by atoms with Gasteiger partial charge in [-0.1, -0.05) is 29.8 Å². The number of ether oxygens (including phenoxy) is 1. The van der Waals surface area contributed by atoms with Crippen LogP contribution in [0.1, 0.15) is 37.0 Å². The van der Waals surface area contributed by atoms with Gasteiger partial charge in [0.2, 0.25) is 0 Å². The average Bonchev–Trinajstić information content (AvgIpc) is 2.49. The topological polar surface area (TPSA) is 38.3 Å². The van der Waals surface area contributed by atoms with E-state index < -0.39 is 0 Å². The first-order chi connectivity index (χ1) is 9.10. The maximum Gasteiger partial charge on any atom is 0.251 e. The van der Waals surface area contributed by atoms with Crippen molar-refractivity contribution in [1.82, 2.24) is 5.32 Å². The molecule has 106 valence electrons. The molecule has 0 radical (unpaired) electrons. The Morgan fingerprint density at radius 1 is 1.26 bits per heavy atom. The van der Waals surface area contributed by atoms with Gasteiger partial charge in [-0.25, -0.2) is 0 Å². The Morgan fingerprint density at radius 3 is 2.26 bits per heavy atom. The third-order valence-corrected chi connectivity index (χ3v) is 4.95. The van der Waals surface area contributed by atoms with Crippen molar-refractivity contribution in [2.45, 2.75) is 26.7 Å². The van der Waals surface area contributed by atoms with Gasteiger partial charge >= 0.3 is 0 Å². The third kappa shape index (κ3) is 4.23. The molecule has 1 rings (SSSR count). The fraction of sp³-hybridized carbons (Fsp3) is 0.533. The van der Waals surface area contributed by atoms with Gasteiger partial charge in [0.05, 0.1) is 7.11 Å². The molecule has 0 saturated carbocycles. The van der Waals surface area contributed by atoms with Crippen LogP contribution in [0.4, 0.5) is 0 Å². The first-order valence-electron chi connectivity index (χ1n) is 6.59. The summed E-state index contributed by atoms with van der Waals surface area (Å²) < 4.78 is 5.08. The summed E-state index contributed by atoms with van der Waals surface area (Å²) in [4.78, 5) is 12.1. The van der Waals surface area contributed by atoms with Crippen LogP contribution in [0.5, 0.6) is 5.75 Å². The lowest BCUT2D eigenvalue weighted by Crippen LogP contribution is -2.38.